The number of amides is 2. The van der Waals surface area contributed by atoms with E-state index in [2.05, 4.69) is 9.63 Å². The number of hydrazone groups is 1. The van der Waals surface area contributed by atoms with Gasteiger partial charge in [-0.3, -0.25) is 9.73 Å². The molecule has 0 spiro atoms. The van der Waals surface area contributed by atoms with Gasteiger partial charge in [0.25, 0.3) is 0 Å². The summed E-state index contributed by atoms with van der Waals surface area (Å²) in [5.41, 5.74) is 0.379. The third-order valence-corrected chi connectivity index (χ3v) is 6.52. The Kier molecular flexibility index (Phi) is 7.33. The van der Waals surface area contributed by atoms with Crippen LogP contribution in [0.5, 0.6) is 0 Å². The fourth-order valence-corrected chi connectivity index (χ4v) is 4.96. The van der Waals surface area contributed by atoms with Crippen molar-refractivity contribution in [3.63, 3.8) is 0 Å². The first kappa shape index (κ1) is 24.3. The number of benzene rings is 2. The topological polar surface area (TPSA) is 123 Å². The molecule has 1 aliphatic heterocycles. The minimum atomic E-state index is -4.70. The van der Waals surface area contributed by atoms with Gasteiger partial charge in [0.2, 0.25) is 0 Å². The number of phosphoric acid groups is 1. The van der Waals surface area contributed by atoms with Crippen molar-refractivity contribution in [3.05, 3.63) is 71.3 Å². The van der Waals surface area contributed by atoms with Crippen molar-refractivity contribution >= 4 is 30.7 Å². The molecule has 2 aromatic carbocycles. The first-order valence-corrected chi connectivity index (χ1v) is 11.6. The molecule has 1 heterocycles. The van der Waals surface area contributed by atoms with E-state index in [1.54, 1.807) is 30.3 Å². The standard InChI is InChI=1S/C19H20F2N3O6PS/c1-23(26)18(25)24-19(13-6-3-2-4-7-13,10-5-11-30-31(27,28)29)32-17(22-24)15-12-14(20)8-9-16(15)21/h2-4,6-9,12,26H,5,10-11H2,1H3,(H2,27,28,29). The van der Waals surface area contributed by atoms with E-state index in [0.717, 1.165) is 42.0 Å². The molecule has 0 radical (unpaired) electrons. The second-order valence-electron chi connectivity index (χ2n) is 6.83. The van der Waals surface area contributed by atoms with E-state index in [1.165, 1.54) is 0 Å². The fraction of sp³-hybridized carbons (Fsp3) is 0.263. The number of halogens is 2. The van der Waals surface area contributed by atoms with Crippen LogP contribution >= 0.6 is 19.6 Å². The van der Waals surface area contributed by atoms with Crippen molar-refractivity contribution in [1.82, 2.24) is 10.1 Å². The zero-order valence-corrected chi connectivity index (χ0v) is 18.5. The number of hydrogen-bond donors (Lipinski definition) is 3. The van der Waals surface area contributed by atoms with Crippen molar-refractivity contribution < 1.29 is 37.7 Å². The Morgan fingerprint density at radius 3 is 2.56 bits per heavy atom. The van der Waals surface area contributed by atoms with Gasteiger partial charge in [0, 0.05) is 12.6 Å². The Labute approximate surface area is 186 Å². The van der Waals surface area contributed by atoms with Gasteiger partial charge < -0.3 is 9.79 Å². The highest BCUT2D eigenvalue weighted by Crippen LogP contribution is 2.51. The Bertz CT molecular complexity index is 1070. The lowest BCUT2D eigenvalue weighted by molar-refractivity contribution is -0.0405. The number of carbonyl (C=O) groups is 1. The largest absolute Gasteiger partial charge is 0.469 e. The highest BCUT2D eigenvalue weighted by atomic mass is 32.2. The lowest BCUT2D eigenvalue weighted by Crippen LogP contribution is -2.46. The van der Waals surface area contributed by atoms with Crippen LogP contribution in [0.4, 0.5) is 13.6 Å². The van der Waals surface area contributed by atoms with Crippen molar-refractivity contribution in [3.8, 4) is 0 Å². The van der Waals surface area contributed by atoms with Gasteiger partial charge in [0.1, 0.15) is 21.5 Å². The molecular formula is C19H20F2N3O6PS. The van der Waals surface area contributed by atoms with E-state index in [9.17, 15) is 23.3 Å². The molecule has 13 heteroatoms. The highest BCUT2D eigenvalue weighted by Gasteiger charge is 2.49. The van der Waals surface area contributed by atoms with Crippen LogP contribution in [0.25, 0.3) is 0 Å². The van der Waals surface area contributed by atoms with Crippen molar-refractivity contribution in [2.24, 2.45) is 5.10 Å². The average molecular weight is 487 g/mol. The molecule has 32 heavy (non-hydrogen) atoms. The van der Waals surface area contributed by atoms with Gasteiger partial charge in [-0.05, 0) is 36.6 Å². The van der Waals surface area contributed by atoms with Crippen molar-refractivity contribution in [2.45, 2.75) is 17.7 Å². The summed E-state index contributed by atoms with van der Waals surface area (Å²) in [5, 5.41) is 15.2. The number of carbonyl (C=O) groups excluding carboxylic acids is 1. The van der Waals surface area contributed by atoms with Crippen LogP contribution in [0.2, 0.25) is 0 Å². The van der Waals surface area contributed by atoms with E-state index in [4.69, 9.17) is 9.79 Å². The van der Waals surface area contributed by atoms with Crippen LogP contribution in [-0.2, 0) is 14.0 Å². The van der Waals surface area contributed by atoms with Gasteiger partial charge in [-0.1, -0.05) is 42.1 Å². The normalized spacial score (nSPS) is 18.6. The van der Waals surface area contributed by atoms with Gasteiger partial charge in [-0.2, -0.15) is 10.1 Å². The number of hydroxylamine groups is 2. The molecule has 0 aromatic heterocycles. The Morgan fingerprint density at radius 1 is 1.25 bits per heavy atom. The average Bonchev–Trinajstić information content (AvgIpc) is 3.13. The van der Waals surface area contributed by atoms with E-state index < -0.39 is 30.4 Å². The monoisotopic (exact) mass is 487 g/mol. The van der Waals surface area contributed by atoms with Crippen molar-refractivity contribution in [1.29, 1.82) is 0 Å². The quantitative estimate of drug-likeness (QED) is 0.235. The Hall–Kier alpha value is -2.34. The van der Waals surface area contributed by atoms with Crippen LogP contribution in [0.15, 0.2) is 53.6 Å². The molecule has 0 saturated carbocycles. The molecule has 1 aliphatic rings. The maximum Gasteiger partial charge on any atom is 0.469 e. The zero-order chi connectivity index (χ0) is 23.5. The van der Waals surface area contributed by atoms with E-state index in [1.807, 2.05) is 0 Å². The van der Waals surface area contributed by atoms with Gasteiger partial charge in [-0.15, -0.1) is 0 Å². The SMILES string of the molecule is CN(O)C(=O)N1N=C(c2cc(F)ccc2F)SC1(CCCOP(=O)(O)O)c1ccccc1. The summed E-state index contributed by atoms with van der Waals surface area (Å²) < 4.78 is 43.8. The first-order chi connectivity index (χ1) is 15.0. The zero-order valence-electron chi connectivity index (χ0n) is 16.8. The van der Waals surface area contributed by atoms with Gasteiger partial charge >= 0.3 is 13.9 Å². The molecule has 3 rings (SSSR count). The Balaban J connectivity index is 2.05. The Morgan fingerprint density at radius 2 is 1.94 bits per heavy atom. The van der Waals surface area contributed by atoms with Crippen LogP contribution in [0, 0.1) is 11.6 Å². The summed E-state index contributed by atoms with van der Waals surface area (Å²) in [4.78, 5) is 29.3. The predicted octanol–water partition coefficient (Wildman–Crippen LogP) is 3.86. The summed E-state index contributed by atoms with van der Waals surface area (Å²) in [6.07, 6.45) is 0.131. The predicted molar refractivity (Wildman–Crippen MR) is 113 cm³/mol. The summed E-state index contributed by atoms with van der Waals surface area (Å²) in [6.45, 7) is -0.333. The number of nitrogens with zero attached hydrogens (tertiary/aromatic N) is 3. The number of urea groups is 1. The smallest absolute Gasteiger partial charge is 0.303 e. The van der Waals surface area contributed by atoms with E-state index in [-0.39, 0.29) is 30.1 Å². The second-order valence-corrected chi connectivity index (χ2v) is 9.33. The summed E-state index contributed by atoms with van der Waals surface area (Å²) in [6, 6.07) is 10.4. The highest BCUT2D eigenvalue weighted by molar-refractivity contribution is 8.15. The van der Waals surface area contributed by atoms with Gasteiger partial charge in [-0.25, -0.2) is 23.2 Å². The molecule has 2 aromatic rings. The van der Waals surface area contributed by atoms with E-state index in [0.29, 0.717) is 10.6 Å². The van der Waals surface area contributed by atoms with Gasteiger partial charge in [0.05, 0.1) is 6.61 Å². The van der Waals surface area contributed by atoms with Crippen molar-refractivity contribution in [2.75, 3.05) is 13.7 Å². The molecular weight excluding hydrogens is 467 g/mol. The lowest BCUT2D eigenvalue weighted by atomic mass is 10.0. The molecule has 3 N–H and O–H groups in total. The van der Waals surface area contributed by atoms with Gasteiger partial charge in [0.15, 0.2) is 0 Å². The molecule has 0 bridgehead atoms. The summed E-state index contributed by atoms with van der Waals surface area (Å²) >= 11 is 0.960. The lowest BCUT2D eigenvalue weighted by Gasteiger charge is -2.36. The molecule has 1 unspecified atom stereocenters. The minimum Gasteiger partial charge on any atom is -0.303 e. The molecule has 0 aliphatic carbocycles. The number of rotatable bonds is 7. The first-order valence-electron chi connectivity index (χ1n) is 9.29. The third kappa shape index (κ3) is 5.34. The maximum atomic E-state index is 14.5. The summed E-state index contributed by atoms with van der Waals surface area (Å²) in [5.74, 6) is -1.45. The minimum absolute atomic E-state index is 0.00282. The molecule has 9 nitrogen and oxygen atoms in total. The maximum absolute atomic E-state index is 14.5. The van der Waals surface area contributed by atoms with E-state index >= 15 is 0 Å². The van der Waals surface area contributed by atoms with Crippen LogP contribution in [0.1, 0.15) is 24.0 Å². The molecule has 0 fully saturated rings. The number of hydrogen-bond acceptors (Lipinski definition) is 6. The fourth-order valence-electron chi connectivity index (χ4n) is 3.18. The van der Waals surface area contributed by atoms with Crippen LogP contribution < -0.4 is 0 Å². The molecule has 0 saturated heterocycles. The molecule has 1 atom stereocenters. The van der Waals surface area contributed by atoms with Crippen LogP contribution in [0.3, 0.4) is 0 Å². The molecule has 2 amide bonds. The van der Waals surface area contributed by atoms with Crippen LogP contribution in [-0.4, -0.2) is 49.8 Å². The molecule has 172 valence electrons. The summed E-state index contributed by atoms with van der Waals surface area (Å²) in [7, 11) is -3.61. The number of thioether (sulfide) groups is 1. The number of phosphoric ester groups is 1. The third-order valence-electron chi connectivity index (χ3n) is 4.56. The second kappa shape index (κ2) is 9.65.